The number of amides is 4. The number of aromatic nitrogens is 3. The molecule has 23 nitrogen and oxygen atoms in total. The lowest BCUT2D eigenvalue weighted by molar-refractivity contribution is -0.117. The van der Waals surface area contributed by atoms with Gasteiger partial charge in [-0.15, -0.1) is 0 Å². The van der Waals surface area contributed by atoms with Crippen LogP contribution in [-0.4, -0.2) is 162 Å². The second kappa shape index (κ2) is 22.2. The number of aryl methyl sites for hydroxylation is 3. The van der Waals surface area contributed by atoms with Crippen molar-refractivity contribution in [3.8, 4) is 17.2 Å². The van der Waals surface area contributed by atoms with Gasteiger partial charge in [0.25, 0.3) is 40.3 Å². The van der Waals surface area contributed by atoms with E-state index in [2.05, 4.69) is 21.3 Å². The highest BCUT2D eigenvalue weighted by molar-refractivity contribution is 5.98. The minimum atomic E-state index is -1.42. The van der Waals surface area contributed by atoms with Gasteiger partial charge in [-0.3, -0.25) is 43.4 Å². The highest BCUT2D eigenvalue weighted by Gasteiger charge is 2.27. The number of nitrogens with two attached hydrogens (primary N) is 1. The quantitative estimate of drug-likeness (QED) is 0.0497. The summed E-state index contributed by atoms with van der Waals surface area (Å²) < 4.78 is 3.34. The standard InChI is InChI=1S/C40H55N11O12/c1-46-15-6-25(29(52)37(46)60)33(56)42-11-19-50(20-12-43-34(57)26-7-16-47(2)38(61)30(26)53)23-24(5-10-41)51(21-13-44-35(58)27-8-17-48(3)39(62)31(27)54)22-14-45-36(59)28-9-18-49(4)40(63)32(28)55/h6-9,15-18,24,39,52-55,62H,5,10-14,19-23,41H2,1-4H3,(H,42,56)(H,43,57)(H,44,58)(H,45,59). The molecule has 11 N–H and O–H groups in total. The molecule has 1 aliphatic heterocycles. The van der Waals surface area contributed by atoms with Crippen LogP contribution in [-0.2, 0) is 25.9 Å². The minimum absolute atomic E-state index is 0.00605. The fourth-order valence-electron chi connectivity index (χ4n) is 6.59. The lowest BCUT2D eigenvalue weighted by atomic mass is 10.1. The molecule has 1 aliphatic rings. The molecule has 23 heteroatoms. The van der Waals surface area contributed by atoms with Gasteiger partial charge in [0.05, 0.1) is 22.3 Å². The maximum Gasteiger partial charge on any atom is 0.293 e. The van der Waals surface area contributed by atoms with Crippen LogP contribution in [0.2, 0.25) is 0 Å². The zero-order chi connectivity index (χ0) is 46.5. The van der Waals surface area contributed by atoms with Gasteiger partial charge in [0.2, 0.25) is 0 Å². The molecule has 4 heterocycles. The Morgan fingerprint density at radius 3 is 1.43 bits per heavy atom. The van der Waals surface area contributed by atoms with Crippen LogP contribution in [0, 0.1) is 0 Å². The van der Waals surface area contributed by atoms with E-state index in [9.17, 15) is 59.1 Å². The molecular formula is C40H55N11O12. The first kappa shape index (κ1) is 48.7. The van der Waals surface area contributed by atoms with Crippen molar-refractivity contribution in [3.05, 3.63) is 108 Å². The number of rotatable bonds is 21. The summed E-state index contributed by atoms with van der Waals surface area (Å²) in [7, 11) is 5.77. The predicted molar refractivity (Wildman–Crippen MR) is 228 cm³/mol. The van der Waals surface area contributed by atoms with Crippen molar-refractivity contribution in [2.24, 2.45) is 26.9 Å². The van der Waals surface area contributed by atoms with E-state index in [0.717, 1.165) is 13.7 Å². The molecule has 0 bridgehead atoms. The molecule has 0 aromatic carbocycles. The number of nitrogens with one attached hydrogen (secondary N) is 4. The maximum absolute atomic E-state index is 13.1. The SMILES string of the molecule is CN1C=CC(C(=O)NCCN(CCNC(=O)c2ccn(C)c(=O)c2O)C(CCN)CN(CCNC(=O)c2ccn(C)c(=O)c2O)CCNC(=O)c2ccn(C)c(=O)c2O)=C(O)C1O. The first-order valence-electron chi connectivity index (χ1n) is 19.8. The molecule has 2 unspecified atom stereocenters. The molecule has 3 aromatic rings. The molecule has 4 amide bonds. The Hall–Kier alpha value is -6.95. The van der Waals surface area contributed by atoms with Crippen LogP contribution in [0.1, 0.15) is 37.5 Å². The summed E-state index contributed by atoms with van der Waals surface area (Å²) in [4.78, 5) is 94.2. The van der Waals surface area contributed by atoms with Gasteiger partial charge in [0.1, 0.15) is 0 Å². The third-order valence-corrected chi connectivity index (χ3v) is 10.4. The third kappa shape index (κ3) is 12.3. The second-order valence-corrected chi connectivity index (χ2v) is 14.7. The number of pyridine rings is 3. The minimum Gasteiger partial charge on any atom is -0.507 e. The monoisotopic (exact) mass is 881 g/mol. The Morgan fingerprint density at radius 1 is 0.651 bits per heavy atom. The Morgan fingerprint density at radius 2 is 1.03 bits per heavy atom. The van der Waals surface area contributed by atoms with Gasteiger partial charge in [-0.2, -0.15) is 0 Å². The molecule has 0 radical (unpaired) electrons. The molecule has 2 atom stereocenters. The summed E-state index contributed by atoms with van der Waals surface area (Å²) in [5, 5.41) is 62.4. The van der Waals surface area contributed by atoms with Gasteiger partial charge >= 0.3 is 0 Å². The molecule has 0 saturated heterocycles. The normalized spacial score (nSPS) is 14.2. The van der Waals surface area contributed by atoms with E-state index >= 15 is 0 Å². The number of aromatic hydroxyl groups is 3. The fraction of sp³-hybridized carbons (Fsp3) is 0.425. The second-order valence-electron chi connectivity index (χ2n) is 14.7. The van der Waals surface area contributed by atoms with E-state index in [-0.39, 0.29) is 87.7 Å². The third-order valence-electron chi connectivity index (χ3n) is 10.4. The number of carbonyl (C=O) groups excluding carboxylic acids is 4. The number of aliphatic hydroxyl groups is 2. The Labute approximate surface area is 360 Å². The van der Waals surface area contributed by atoms with Crippen LogP contribution in [0.25, 0.3) is 0 Å². The summed E-state index contributed by atoms with van der Waals surface area (Å²) in [6.07, 6.45) is 5.70. The molecule has 4 rings (SSSR count). The van der Waals surface area contributed by atoms with Crippen molar-refractivity contribution in [2.45, 2.75) is 18.7 Å². The first-order valence-corrected chi connectivity index (χ1v) is 19.8. The van der Waals surface area contributed by atoms with Crippen LogP contribution < -0.4 is 43.7 Å². The number of likely N-dealkylation sites (N-methyl/N-ethyl adjacent to an activating group) is 1. The van der Waals surface area contributed by atoms with Crippen LogP contribution in [0.5, 0.6) is 17.2 Å². The number of hydrogen-bond acceptors (Lipinski definition) is 16. The van der Waals surface area contributed by atoms with E-state index in [1.165, 1.54) is 82.2 Å². The van der Waals surface area contributed by atoms with Crippen molar-refractivity contribution >= 4 is 23.6 Å². The Kier molecular flexibility index (Phi) is 17.2. The summed E-state index contributed by atoms with van der Waals surface area (Å²) in [6.45, 7) is 0.935. The average Bonchev–Trinajstić information content (AvgIpc) is 3.24. The van der Waals surface area contributed by atoms with Crippen molar-refractivity contribution in [3.63, 3.8) is 0 Å². The van der Waals surface area contributed by atoms with Gasteiger partial charge < -0.3 is 71.1 Å². The van der Waals surface area contributed by atoms with Crippen molar-refractivity contribution in [1.82, 2.24) is 49.7 Å². The lowest BCUT2D eigenvalue weighted by Crippen LogP contribution is -2.51. The van der Waals surface area contributed by atoms with Gasteiger partial charge in [0, 0.05) is 118 Å². The van der Waals surface area contributed by atoms with E-state index in [4.69, 9.17) is 5.73 Å². The predicted octanol–water partition coefficient (Wildman–Crippen LogP) is -3.48. The maximum atomic E-state index is 13.1. The van der Waals surface area contributed by atoms with Crippen molar-refractivity contribution < 1.29 is 44.7 Å². The summed E-state index contributed by atoms with van der Waals surface area (Å²) in [6, 6.07) is 3.44. The van der Waals surface area contributed by atoms with E-state index in [1.807, 2.05) is 9.80 Å². The van der Waals surface area contributed by atoms with Gasteiger partial charge in [-0.05, 0) is 37.2 Å². The van der Waals surface area contributed by atoms with Crippen LogP contribution in [0.4, 0.5) is 0 Å². The average molecular weight is 882 g/mol. The van der Waals surface area contributed by atoms with E-state index < -0.39 is 75.6 Å². The molecule has 0 saturated carbocycles. The molecular weight excluding hydrogens is 827 g/mol. The number of nitrogens with zero attached hydrogens (tertiary/aromatic N) is 6. The van der Waals surface area contributed by atoms with Gasteiger partial charge in [-0.1, -0.05) is 0 Å². The number of aliphatic hydroxyl groups excluding tert-OH is 2. The number of hydrogen-bond donors (Lipinski definition) is 10. The summed E-state index contributed by atoms with van der Waals surface area (Å²) in [5.74, 6) is -5.56. The largest absolute Gasteiger partial charge is 0.507 e. The highest BCUT2D eigenvalue weighted by atomic mass is 16.3. The smallest absolute Gasteiger partial charge is 0.293 e. The lowest BCUT2D eigenvalue weighted by Gasteiger charge is -2.36. The molecule has 0 spiro atoms. The van der Waals surface area contributed by atoms with Crippen molar-refractivity contribution in [2.75, 3.05) is 72.5 Å². The van der Waals surface area contributed by atoms with Crippen LogP contribution >= 0.6 is 0 Å². The zero-order valence-corrected chi connectivity index (χ0v) is 35.4. The highest BCUT2D eigenvalue weighted by Crippen LogP contribution is 2.17. The summed E-state index contributed by atoms with van der Waals surface area (Å²) in [5.41, 5.74) is 2.96. The Balaban J connectivity index is 1.56. The Bertz CT molecular complexity index is 2320. The fourth-order valence-corrected chi connectivity index (χ4v) is 6.59. The van der Waals surface area contributed by atoms with Crippen LogP contribution in [0.3, 0.4) is 0 Å². The van der Waals surface area contributed by atoms with E-state index in [1.54, 1.807) is 0 Å². The number of carbonyl (C=O) groups is 4. The van der Waals surface area contributed by atoms with E-state index in [0.29, 0.717) is 6.42 Å². The first-order chi connectivity index (χ1) is 29.9. The molecule has 3 aromatic heterocycles. The summed E-state index contributed by atoms with van der Waals surface area (Å²) >= 11 is 0. The van der Waals surface area contributed by atoms with Gasteiger partial charge in [-0.25, -0.2) is 0 Å². The molecule has 63 heavy (non-hydrogen) atoms. The zero-order valence-electron chi connectivity index (χ0n) is 35.4. The molecule has 0 fully saturated rings. The van der Waals surface area contributed by atoms with Gasteiger partial charge in [0.15, 0.2) is 29.2 Å². The van der Waals surface area contributed by atoms with Crippen molar-refractivity contribution in [1.29, 1.82) is 0 Å². The topological polar surface area (TPSA) is 319 Å². The molecule has 342 valence electrons. The molecule has 0 aliphatic carbocycles. The van der Waals surface area contributed by atoms with Crippen LogP contribution in [0.15, 0.2) is 74.8 Å².